The first-order chi connectivity index (χ1) is 12.2. The van der Waals surface area contributed by atoms with Crippen molar-refractivity contribution in [2.24, 2.45) is 0 Å². The number of carbonyl (C=O) groups excluding carboxylic acids is 1. The number of nitrogens with zero attached hydrogens (tertiary/aromatic N) is 1. The van der Waals surface area contributed by atoms with Gasteiger partial charge < -0.3 is 9.73 Å². The molecule has 1 amide bonds. The van der Waals surface area contributed by atoms with Gasteiger partial charge in [0.2, 0.25) is 5.91 Å². The van der Waals surface area contributed by atoms with Crippen LogP contribution in [0.4, 0.5) is 4.39 Å². The smallest absolute Gasteiger partial charge is 0.220 e. The van der Waals surface area contributed by atoms with E-state index in [0.717, 1.165) is 18.4 Å². The van der Waals surface area contributed by atoms with Gasteiger partial charge in [-0.25, -0.2) is 9.37 Å². The van der Waals surface area contributed by atoms with Crippen molar-refractivity contribution < 1.29 is 13.6 Å². The minimum Gasteiger partial charge on any atom is -0.441 e. The SMILES string of the molecule is O=C(CCc1ncc(-c2ccc(F)cc2)o1)NC1CCCCCCC1. The number of nitrogens with one attached hydrogen (secondary N) is 1. The molecule has 25 heavy (non-hydrogen) atoms. The molecule has 1 aliphatic rings. The maximum Gasteiger partial charge on any atom is 0.220 e. The summed E-state index contributed by atoms with van der Waals surface area (Å²) >= 11 is 0. The second-order valence-corrected chi connectivity index (χ2v) is 6.73. The summed E-state index contributed by atoms with van der Waals surface area (Å²) in [5.41, 5.74) is 0.777. The predicted molar refractivity (Wildman–Crippen MR) is 94.5 cm³/mol. The summed E-state index contributed by atoms with van der Waals surface area (Å²) in [6.07, 6.45) is 10.9. The Bertz CT molecular complexity index is 673. The highest BCUT2D eigenvalue weighted by Crippen LogP contribution is 2.21. The fraction of sp³-hybridized carbons (Fsp3) is 0.500. The molecule has 1 aromatic heterocycles. The number of aryl methyl sites for hydroxylation is 1. The van der Waals surface area contributed by atoms with Crippen LogP contribution < -0.4 is 5.32 Å². The van der Waals surface area contributed by atoms with Crippen LogP contribution in [-0.4, -0.2) is 16.9 Å². The summed E-state index contributed by atoms with van der Waals surface area (Å²) < 4.78 is 18.6. The molecule has 1 aliphatic carbocycles. The summed E-state index contributed by atoms with van der Waals surface area (Å²) in [6, 6.07) is 6.40. The van der Waals surface area contributed by atoms with Crippen molar-refractivity contribution in [1.29, 1.82) is 0 Å². The first-order valence-electron chi connectivity index (χ1n) is 9.21. The lowest BCUT2D eigenvalue weighted by Crippen LogP contribution is -2.35. The van der Waals surface area contributed by atoms with Crippen LogP contribution >= 0.6 is 0 Å². The molecule has 1 N–H and O–H groups in total. The molecule has 0 saturated heterocycles. The topological polar surface area (TPSA) is 55.1 Å². The van der Waals surface area contributed by atoms with Crippen molar-refractivity contribution in [3.63, 3.8) is 0 Å². The van der Waals surface area contributed by atoms with E-state index in [-0.39, 0.29) is 11.7 Å². The number of rotatable bonds is 5. The number of aromatic nitrogens is 1. The van der Waals surface area contributed by atoms with Crippen LogP contribution in [0.25, 0.3) is 11.3 Å². The second kappa shape index (κ2) is 8.79. The minimum absolute atomic E-state index is 0.0621. The largest absolute Gasteiger partial charge is 0.441 e. The Kier molecular flexibility index (Phi) is 6.20. The quantitative estimate of drug-likeness (QED) is 0.859. The number of oxazole rings is 1. The van der Waals surface area contributed by atoms with Crippen LogP contribution in [0.1, 0.15) is 57.3 Å². The molecule has 2 aromatic rings. The van der Waals surface area contributed by atoms with Crippen molar-refractivity contribution in [3.05, 3.63) is 42.2 Å². The lowest BCUT2D eigenvalue weighted by Gasteiger charge is -2.20. The number of amides is 1. The second-order valence-electron chi connectivity index (χ2n) is 6.73. The maximum absolute atomic E-state index is 13.0. The van der Waals surface area contributed by atoms with Gasteiger partial charge in [-0.05, 0) is 37.1 Å². The number of benzene rings is 1. The number of hydrogen-bond acceptors (Lipinski definition) is 3. The summed E-state index contributed by atoms with van der Waals surface area (Å²) in [7, 11) is 0. The van der Waals surface area contributed by atoms with Gasteiger partial charge in [-0.1, -0.05) is 32.1 Å². The van der Waals surface area contributed by atoms with Crippen molar-refractivity contribution in [2.75, 3.05) is 0 Å². The summed E-state index contributed by atoms with van der Waals surface area (Å²) in [6.45, 7) is 0. The lowest BCUT2D eigenvalue weighted by atomic mass is 9.96. The molecule has 0 radical (unpaired) electrons. The van der Waals surface area contributed by atoms with Gasteiger partial charge in [0.15, 0.2) is 11.7 Å². The maximum atomic E-state index is 13.0. The van der Waals surface area contributed by atoms with E-state index in [2.05, 4.69) is 10.3 Å². The van der Waals surface area contributed by atoms with E-state index in [1.165, 1.54) is 44.2 Å². The van der Waals surface area contributed by atoms with Crippen LogP contribution in [0.15, 0.2) is 34.9 Å². The van der Waals surface area contributed by atoms with Crippen molar-refractivity contribution in [1.82, 2.24) is 10.3 Å². The van der Waals surface area contributed by atoms with Gasteiger partial charge in [0.05, 0.1) is 6.20 Å². The Morgan fingerprint density at radius 3 is 2.52 bits per heavy atom. The van der Waals surface area contributed by atoms with Crippen molar-refractivity contribution in [2.45, 2.75) is 63.8 Å². The molecular weight excluding hydrogens is 319 g/mol. The summed E-state index contributed by atoms with van der Waals surface area (Å²) in [4.78, 5) is 16.4. The van der Waals surface area contributed by atoms with Crippen LogP contribution in [0, 0.1) is 5.82 Å². The van der Waals surface area contributed by atoms with Gasteiger partial charge in [-0.15, -0.1) is 0 Å². The molecule has 0 atom stereocenters. The normalized spacial score (nSPS) is 16.2. The Morgan fingerprint density at radius 1 is 1.12 bits per heavy atom. The first kappa shape index (κ1) is 17.6. The van der Waals surface area contributed by atoms with Gasteiger partial charge in [0, 0.05) is 24.4 Å². The number of halogens is 1. The molecule has 0 spiro atoms. The number of hydrogen-bond donors (Lipinski definition) is 1. The molecule has 1 heterocycles. The molecule has 1 saturated carbocycles. The molecular formula is C20H25FN2O2. The van der Waals surface area contributed by atoms with E-state index in [0.29, 0.717) is 30.5 Å². The van der Waals surface area contributed by atoms with Gasteiger partial charge in [-0.3, -0.25) is 4.79 Å². The van der Waals surface area contributed by atoms with Crippen molar-refractivity contribution in [3.8, 4) is 11.3 Å². The predicted octanol–water partition coefficient (Wildman–Crippen LogP) is 4.64. The molecule has 134 valence electrons. The first-order valence-corrected chi connectivity index (χ1v) is 9.21. The van der Waals surface area contributed by atoms with E-state index < -0.39 is 0 Å². The van der Waals surface area contributed by atoms with Gasteiger partial charge in [-0.2, -0.15) is 0 Å². The summed E-state index contributed by atoms with van der Waals surface area (Å²) in [5, 5.41) is 3.15. The molecule has 0 bridgehead atoms. The van der Waals surface area contributed by atoms with Crippen LogP contribution in [0.3, 0.4) is 0 Å². The monoisotopic (exact) mass is 344 g/mol. The zero-order valence-corrected chi connectivity index (χ0v) is 14.5. The van der Waals surface area contributed by atoms with E-state index in [4.69, 9.17) is 4.42 Å². The fourth-order valence-electron chi connectivity index (χ4n) is 3.29. The number of carbonyl (C=O) groups is 1. The molecule has 5 heteroatoms. The van der Waals surface area contributed by atoms with E-state index >= 15 is 0 Å². The third-order valence-electron chi connectivity index (χ3n) is 4.72. The summed E-state index contributed by atoms with van der Waals surface area (Å²) in [5.74, 6) is 0.907. The van der Waals surface area contributed by atoms with E-state index in [1.807, 2.05) is 0 Å². The molecule has 3 rings (SSSR count). The van der Waals surface area contributed by atoms with Gasteiger partial charge in [0.25, 0.3) is 0 Å². The third kappa shape index (κ3) is 5.41. The Hall–Kier alpha value is -2.17. The minimum atomic E-state index is -0.283. The zero-order valence-electron chi connectivity index (χ0n) is 14.5. The average Bonchev–Trinajstić information content (AvgIpc) is 3.05. The molecule has 4 nitrogen and oxygen atoms in total. The Morgan fingerprint density at radius 2 is 1.80 bits per heavy atom. The Labute approximate surface area is 147 Å². The van der Waals surface area contributed by atoms with Gasteiger partial charge in [0.1, 0.15) is 5.82 Å². The van der Waals surface area contributed by atoms with Crippen LogP contribution in [0.5, 0.6) is 0 Å². The van der Waals surface area contributed by atoms with Crippen LogP contribution in [0.2, 0.25) is 0 Å². The standard InChI is InChI=1S/C20H25FN2O2/c21-16-10-8-15(9-11-16)18-14-22-20(25-18)13-12-19(24)23-17-6-4-2-1-3-5-7-17/h8-11,14,17H,1-7,12-13H2,(H,23,24). The van der Waals surface area contributed by atoms with Crippen LogP contribution in [-0.2, 0) is 11.2 Å². The lowest BCUT2D eigenvalue weighted by molar-refractivity contribution is -0.122. The average molecular weight is 344 g/mol. The highest BCUT2D eigenvalue weighted by Gasteiger charge is 2.15. The highest BCUT2D eigenvalue weighted by molar-refractivity contribution is 5.76. The van der Waals surface area contributed by atoms with Crippen molar-refractivity contribution >= 4 is 5.91 Å². The third-order valence-corrected chi connectivity index (χ3v) is 4.72. The highest BCUT2D eigenvalue weighted by atomic mass is 19.1. The van der Waals surface area contributed by atoms with Gasteiger partial charge >= 0.3 is 0 Å². The van der Waals surface area contributed by atoms with E-state index in [1.54, 1.807) is 18.3 Å². The molecule has 0 unspecified atom stereocenters. The molecule has 0 aliphatic heterocycles. The van der Waals surface area contributed by atoms with E-state index in [9.17, 15) is 9.18 Å². The zero-order chi connectivity index (χ0) is 17.5. The molecule has 1 aromatic carbocycles. The molecule has 1 fully saturated rings. The Balaban J connectivity index is 1.48. The fourth-order valence-corrected chi connectivity index (χ4v) is 3.29.